The molecule has 2 atom stereocenters. The first-order chi connectivity index (χ1) is 16.1. The summed E-state index contributed by atoms with van der Waals surface area (Å²) < 4.78 is 21.6. The van der Waals surface area contributed by atoms with Crippen LogP contribution >= 0.6 is 0 Å². The first kappa shape index (κ1) is 21.4. The standard InChI is InChI=1S/C26H25FN2O5/c1-4-26(33)16-7-19-22-14(9-29(19)23(31)15(16)10-34-24(26)32)21-20-13(5-6-25(21,3)11-30)12(2)17(27)8-18(20)28-22/h7-8,30,33H,4-6,9-11H2,1-3H3/t25?,26-/m0/s1. The van der Waals surface area contributed by atoms with Gasteiger partial charge in [0.1, 0.15) is 12.4 Å². The third kappa shape index (κ3) is 2.45. The first-order valence-corrected chi connectivity index (χ1v) is 11.6. The van der Waals surface area contributed by atoms with Gasteiger partial charge in [-0.1, -0.05) is 13.8 Å². The molecule has 2 aromatic heterocycles. The number of pyridine rings is 2. The van der Waals surface area contributed by atoms with E-state index in [0.29, 0.717) is 35.3 Å². The van der Waals surface area contributed by atoms with Gasteiger partial charge in [0.25, 0.3) is 5.56 Å². The molecule has 3 aliphatic rings. The Morgan fingerprint density at radius 3 is 2.71 bits per heavy atom. The lowest BCUT2D eigenvalue weighted by atomic mass is 9.69. The normalized spacial score (nSPS) is 24.6. The van der Waals surface area contributed by atoms with E-state index < -0.39 is 17.0 Å². The quantitative estimate of drug-likeness (QED) is 0.443. The monoisotopic (exact) mass is 464 g/mol. The second kappa shape index (κ2) is 6.73. The maximum atomic E-state index is 14.8. The summed E-state index contributed by atoms with van der Waals surface area (Å²) in [4.78, 5) is 30.7. The summed E-state index contributed by atoms with van der Waals surface area (Å²) in [6.45, 7) is 5.37. The SMILES string of the molecule is CC[C@@]1(O)C(=O)OCc2c1cc1n(c2=O)Cc2c-1nc1cc(F)c(C)c3c1c2C(C)(CO)CC3. The Morgan fingerprint density at radius 1 is 1.24 bits per heavy atom. The van der Waals surface area contributed by atoms with E-state index in [2.05, 4.69) is 0 Å². The zero-order valence-electron chi connectivity index (χ0n) is 19.3. The molecule has 0 spiro atoms. The molecule has 1 aromatic carbocycles. The molecule has 7 nitrogen and oxygen atoms in total. The van der Waals surface area contributed by atoms with Gasteiger partial charge in [0.05, 0.1) is 35.6 Å². The molecule has 2 aliphatic heterocycles. The number of rotatable bonds is 2. The van der Waals surface area contributed by atoms with Gasteiger partial charge in [0, 0.05) is 28.0 Å². The summed E-state index contributed by atoms with van der Waals surface area (Å²) in [6.07, 6.45) is 1.34. The van der Waals surface area contributed by atoms with E-state index in [9.17, 15) is 24.2 Å². The number of aryl methyl sites for hydroxylation is 1. The smallest absolute Gasteiger partial charge is 0.343 e. The number of hydrogen-bond donors (Lipinski definition) is 2. The minimum Gasteiger partial charge on any atom is -0.458 e. The molecule has 0 saturated carbocycles. The molecule has 0 bridgehead atoms. The number of nitrogens with zero attached hydrogens (tertiary/aromatic N) is 2. The van der Waals surface area contributed by atoms with Crippen LogP contribution in [0.25, 0.3) is 22.3 Å². The lowest BCUT2D eigenvalue weighted by Crippen LogP contribution is -2.44. The number of aromatic nitrogens is 2. The van der Waals surface area contributed by atoms with Gasteiger partial charge in [-0.05, 0) is 48.9 Å². The van der Waals surface area contributed by atoms with E-state index in [1.54, 1.807) is 24.5 Å². The molecule has 0 fully saturated rings. The molecule has 176 valence electrons. The van der Waals surface area contributed by atoms with Gasteiger partial charge in [0.2, 0.25) is 0 Å². The van der Waals surface area contributed by atoms with E-state index in [4.69, 9.17) is 9.72 Å². The number of carbonyl (C=O) groups is 1. The Balaban J connectivity index is 1.72. The van der Waals surface area contributed by atoms with E-state index >= 15 is 0 Å². The maximum absolute atomic E-state index is 14.8. The molecule has 3 aromatic rings. The molecule has 1 aliphatic carbocycles. The zero-order valence-corrected chi connectivity index (χ0v) is 19.3. The zero-order chi connectivity index (χ0) is 24.2. The minimum atomic E-state index is -1.91. The van der Waals surface area contributed by atoms with Gasteiger partial charge < -0.3 is 19.5 Å². The Kier molecular flexibility index (Phi) is 4.24. The highest BCUT2D eigenvalue weighted by molar-refractivity contribution is 5.93. The van der Waals surface area contributed by atoms with Crippen LogP contribution in [0.3, 0.4) is 0 Å². The van der Waals surface area contributed by atoms with Crippen LogP contribution < -0.4 is 5.56 Å². The van der Waals surface area contributed by atoms with Crippen LogP contribution in [-0.4, -0.2) is 32.3 Å². The van der Waals surface area contributed by atoms with E-state index in [0.717, 1.165) is 22.1 Å². The van der Waals surface area contributed by atoms with Crippen molar-refractivity contribution in [2.45, 2.75) is 64.2 Å². The predicted octanol–water partition coefficient (Wildman–Crippen LogP) is 2.72. The van der Waals surface area contributed by atoms with Crippen LogP contribution in [0.1, 0.15) is 60.1 Å². The Hall–Kier alpha value is -3.10. The topological polar surface area (TPSA) is 102 Å². The summed E-state index contributed by atoms with van der Waals surface area (Å²) in [7, 11) is 0. The van der Waals surface area contributed by atoms with Crippen LogP contribution in [0.5, 0.6) is 0 Å². The highest BCUT2D eigenvalue weighted by Gasteiger charge is 2.46. The van der Waals surface area contributed by atoms with E-state index in [1.807, 2.05) is 6.92 Å². The lowest BCUT2D eigenvalue weighted by molar-refractivity contribution is -0.172. The molecule has 34 heavy (non-hydrogen) atoms. The van der Waals surface area contributed by atoms with Crippen LogP contribution in [0.2, 0.25) is 0 Å². The van der Waals surface area contributed by atoms with E-state index in [-0.39, 0.29) is 48.7 Å². The maximum Gasteiger partial charge on any atom is 0.343 e. The number of ether oxygens (including phenoxy) is 1. The van der Waals surface area contributed by atoms with Gasteiger partial charge in [0.15, 0.2) is 5.60 Å². The number of hydrogen-bond acceptors (Lipinski definition) is 6. The van der Waals surface area contributed by atoms with Crippen molar-refractivity contribution in [2.75, 3.05) is 6.61 Å². The molecule has 2 N–H and O–H groups in total. The van der Waals surface area contributed by atoms with Crippen molar-refractivity contribution in [3.63, 3.8) is 0 Å². The van der Waals surface area contributed by atoms with Crippen molar-refractivity contribution >= 4 is 16.9 Å². The summed E-state index contributed by atoms with van der Waals surface area (Å²) in [6, 6.07) is 3.07. The van der Waals surface area contributed by atoms with Gasteiger partial charge in [-0.25, -0.2) is 14.2 Å². The number of carbonyl (C=O) groups excluding carboxylic acids is 1. The number of aliphatic hydroxyl groups is 2. The highest BCUT2D eigenvalue weighted by Crippen LogP contribution is 2.48. The van der Waals surface area contributed by atoms with E-state index in [1.165, 1.54) is 6.07 Å². The van der Waals surface area contributed by atoms with Crippen molar-refractivity contribution in [3.8, 4) is 11.4 Å². The van der Waals surface area contributed by atoms with Gasteiger partial charge in [-0.15, -0.1) is 0 Å². The molecule has 0 saturated heterocycles. The van der Waals surface area contributed by atoms with Crippen LogP contribution in [-0.2, 0) is 40.1 Å². The van der Waals surface area contributed by atoms with Gasteiger partial charge >= 0.3 is 5.97 Å². The minimum absolute atomic E-state index is 0.0570. The molecule has 8 heteroatoms. The van der Waals surface area contributed by atoms with Crippen LogP contribution in [0, 0.1) is 12.7 Å². The number of aliphatic hydroxyl groups excluding tert-OH is 1. The second-order valence-electron chi connectivity index (χ2n) is 9.99. The number of benzene rings is 1. The third-order valence-electron chi connectivity index (χ3n) is 8.18. The van der Waals surface area contributed by atoms with Crippen molar-refractivity contribution in [3.05, 3.63) is 61.7 Å². The van der Waals surface area contributed by atoms with Crippen molar-refractivity contribution in [1.29, 1.82) is 0 Å². The lowest BCUT2D eigenvalue weighted by Gasteiger charge is -2.36. The highest BCUT2D eigenvalue weighted by atomic mass is 19.1. The molecule has 6 rings (SSSR count). The second-order valence-corrected chi connectivity index (χ2v) is 9.99. The first-order valence-electron chi connectivity index (χ1n) is 11.6. The Labute approximate surface area is 194 Å². The summed E-state index contributed by atoms with van der Waals surface area (Å²) in [5.41, 5.74) is 2.36. The van der Waals surface area contributed by atoms with Crippen molar-refractivity contribution < 1.29 is 24.1 Å². The fourth-order valence-corrected chi connectivity index (χ4v) is 6.05. The average molecular weight is 464 g/mol. The van der Waals surface area contributed by atoms with Gasteiger partial charge in [-0.3, -0.25) is 4.79 Å². The summed E-state index contributed by atoms with van der Waals surface area (Å²) in [5, 5.41) is 22.3. The third-order valence-corrected chi connectivity index (χ3v) is 8.18. The molecule has 0 amide bonds. The Bertz CT molecular complexity index is 1510. The largest absolute Gasteiger partial charge is 0.458 e. The number of cyclic esters (lactones) is 1. The van der Waals surface area contributed by atoms with Crippen molar-refractivity contribution in [2.24, 2.45) is 0 Å². The molecule has 1 unspecified atom stereocenters. The number of fused-ring (bicyclic) bond motifs is 5. The Morgan fingerprint density at radius 2 is 2.00 bits per heavy atom. The van der Waals surface area contributed by atoms with Crippen LogP contribution in [0.4, 0.5) is 4.39 Å². The van der Waals surface area contributed by atoms with Crippen LogP contribution in [0.15, 0.2) is 16.9 Å². The van der Waals surface area contributed by atoms with Gasteiger partial charge in [-0.2, -0.15) is 0 Å². The molecule has 4 heterocycles. The average Bonchev–Trinajstić information content (AvgIpc) is 3.19. The summed E-state index contributed by atoms with van der Waals surface area (Å²) in [5.74, 6) is -1.11. The number of halogens is 1. The molecular formula is C26H25FN2O5. The fourth-order valence-electron chi connectivity index (χ4n) is 6.05. The number of esters is 1. The molecule has 0 radical (unpaired) electrons. The summed E-state index contributed by atoms with van der Waals surface area (Å²) >= 11 is 0. The fraction of sp³-hybridized carbons (Fsp3) is 0.423. The van der Waals surface area contributed by atoms with Crippen molar-refractivity contribution in [1.82, 2.24) is 9.55 Å². The predicted molar refractivity (Wildman–Crippen MR) is 122 cm³/mol. The molecular weight excluding hydrogens is 439 g/mol.